The third kappa shape index (κ3) is 7.52. The van der Waals surface area contributed by atoms with E-state index in [2.05, 4.69) is 16.4 Å². The molecule has 9 heteroatoms. The largest absolute Gasteiger partial charge is 0.496 e. The number of amides is 3. The van der Waals surface area contributed by atoms with E-state index < -0.39 is 6.03 Å². The summed E-state index contributed by atoms with van der Waals surface area (Å²) in [7, 11) is 3.17. The second kappa shape index (κ2) is 13.7. The monoisotopic (exact) mass is 548 g/mol. The summed E-state index contributed by atoms with van der Waals surface area (Å²) in [5, 5.41) is 4.47. The summed E-state index contributed by atoms with van der Waals surface area (Å²) in [4.78, 5) is 33.4. The Bertz CT molecular complexity index is 1410. The number of ether oxygens (including phenoxy) is 2. The van der Waals surface area contributed by atoms with Crippen LogP contribution in [0, 0.1) is 0 Å². The van der Waals surface area contributed by atoms with Gasteiger partial charge < -0.3 is 29.6 Å². The molecule has 0 saturated heterocycles. The van der Waals surface area contributed by atoms with Crippen LogP contribution >= 0.6 is 11.6 Å². The summed E-state index contributed by atoms with van der Waals surface area (Å²) in [6.45, 7) is 1.24. The molecule has 1 aromatic heterocycles. The summed E-state index contributed by atoms with van der Waals surface area (Å²) >= 11 is 6.07. The molecule has 0 spiro atoms. The molecular formula is C30H33ClN4O4. The zero-order chi connectivity index (χ0) is 27.6. The zero-order valence-corrected chi connectivity index (χ0v) is 22.9. The van der Waals surface area contributed by atoms with Crippen LogP contribution in [0.4, 0.5) is 10.5 Å². The van der Waals surface area contributed by atoms with E-state index in [1.165, 1.54) is 4.90 Å². The molecule has 39 heavy (non-hydrogen) atoms. The quantitative estimate of drug-likeness (QED) is 0.242. The van der Waals surface area contributed by atoms with Gasteiger partial charge in [-0.2, -0.15) is 0 Å². The summed E-state index contributed by atoms with van der Waals surface area (Å²) in [6, 6.07) is 22.2. The molecule has 2 N–H and O–H groups in total. The molecule has 4 aromatic rings. The first kappa shape index (κ1) is 28.0. The molecule has 3 amide bonds. The molecule has 3 aromatic carbocycles. The van der Waals surface area contributed by atoms with Crippen molar-refractivity contribution in [1.29, 1.82) is 0 Å². The van der Waals surface area contributed by atoms with Gasteiger partial charge >= 0.3 is 6.03 Å². The normalized spacial score (nSPS) is 10.8. The number of aromatic amines is 1. The highest BCUT2D eigenvalue weighted by molar-refractivity contribution is 6.30. The Morgan fingerprint density at radius 1 is 0.923 bits per heavy atom. The van der Waals surface area contributed by atoms with Crippen molar-refractivity contribution >= 4 is 40.1 Å². The van der Waals surface area contributed by atoms with E-state index in [0.717, 1.165) is 22.0 Å². The van der Waals surface area contributed by atoms with Gasteiger partial charge in [-0.05, 0) is 42.3 Å². The van der Waals surface area contributed by atoms with E-state index in [1.807, 2.05) is 48.7 Å². The van der Waals surface area contributed by atoms with E-state index in [4.69, 9.17) is 21.1 Å². The highest BCUT2D eigenvalue weighted by Gasteiger charge is 2.23. The minimum absolute atomic E-state index is 0.112. The van der Waals surface area contributed by atoms with Gasteiger partial charge in [-0.15, -0.1) is 0 Å². The number of anilines is 1. The van der Waals surface area contributed by atoms with Crippen molar-refractivity contribution in [2.24, 2.45) is 0 Å². The molecule has 0 aliphatic heterocycles. The molecule has 4 rings (SSSR count). The number of H-pyrrole nitrogens is 1. The summed E-state index contributed by atoms with van der Waals surface area (Å²) < 4.78 is 10.7. The third-order valence-electron chi connectivity index (χ3n) is 6.49. The molecule has 0 fully saturated rings. The van der Waals surface area contributed by atoms with E-state index in [-0.39, 0.29) is 25.6 Å². The molecule has 0 aliphatic rings. The number of aromatic nitrogens is 1. The average molecular weight is 549 g/mol. The number of carbonyl (C=O) groups is 2. The first-order valence-electron chi connectivity index (χ1n) is 12.7. The van der Waals surface area contributed by atoms with Crippen LogP contribution in [-0.4, -0.2) is 67.2 Å². The van der Waals surface area contributed by atoms with Crippen molar-refractivity contribution in [3.8, 4) is 5.75 Å². The van der Waals surface area contributed by atoms with Crippen LogP contribution in [-0.2, 0) is 22.5 Å². The number of nitrogens with one attached hydrogen (secondary N) is 2. The van der Waals surface area contributed by atoms with Crippen molar-refractivity contribution in [2.75, 3.05) is 45.8 Å². The van der Waals surface area contributed by atoms with Gasteiger partial charge in [0.05, 0.1) is 13.7 Å². The maximum atomic E-state index is 13.7. The Hall–Kier alpha value is -4.01. The van der Waals surface area contributed by atoms with E-state index >= 15 is 0 Å². The number of para-hydroxylation sites is 2. The maximum absolute atomic E-state index is 13.7. The van der Waals surface area contributed by atoms with Crippen LogP contribution in [0.25, 0.3) is 10.9 Å². The maximum Gasteiger partial charge on any atom is 0.322 e. The van der Waals surface area contributed by atoms with Crippen LogP contribution in [0.3, 0.4) is 0 Å². The molecular weight excluding hydrogens is 516 g/mol. The number of hydrogen-bond acceptors (Lipinski definition) is 4. The highest BCUT2D eigenvalue weighted by Crippen LogP contribution is 2.22. The average Bonchev–Trinajstić information content (AvgIpc) is 3.36. The van der Waals surface area contributed by atoms with Gasteiger partial charge in [0.2, 0.25) is 5.91 Å². The standard InChI is InChI=1S/C30H33ClN4O4/c1-38-17-16-35(30(37)33-25-10-7-9-24(31)18-25)21-29(36)34(20-23-8-3-6-13-28(23)39-2)15-14-22-19-32-27-12-5-4-11-26(22)27/h3-13,18-19,32H,14-17,20-21H2,1-2H3,(H,33,37). The van der Waals surface area contributed by atoms with Gasteiger partial charge in [0.15, 0.2) is 0 Å². The van der Waals surface area contributed by atoms with Crippen LogP contribution in [0.2, 0.25) is 5.02 Å². The van der Waals surface area contributed by atoms with Crippen LogP contribution < -0.4 is 10.1 Å². The number of hydrogen-bond donors (Lipinski definition) is 2. The molecule has 204 valence electrons. The van der Waals surface area contributed by atoms with Gasteiger partial charge in [0.1, 0.15) is 12.3 Å². The van der Waals surface area contributed by atoms with Gasteiger partial charge in [-0.1, -0.05) is 54.1 Å². The number of benzene rings is 3. The SMILES string of the molecule is COCCN(CC(=O)N(CCc1c[nH]c2ccccc12)Cc1ccccc1OC)C(=O)Nc1cccc(Cl)c1. The Morgan fingerprint density at radius 3 is 2.51 bits per heavy atom. The number of rotatable bonds is 12. The minimum Gasteiger partial charge on any atom is -0.496 e. The van der Waals surface area contributed by atoms with Crippen LogP contribution in [0.15, 0.2) is 79.0 Å². The lowest BCUT2D eigenvalue weighted by Gasteiger charge is -2.28. The van der Waals surface area contributed by atoms with Crippen molar-refractivity contribution in [3.63, 3.8) is 0 Å². The third-order valence-corrected chi connectivity index (χ3v) is 6.72. The molecule has 8 nitrogen and oxygen atoms in total. The van der Waals surface area contributed by atoms with Crippen molar-refractivity contribution in [2.45, 2.75) is 13.0 Å². The Balaban J connectivity index is 1.53. The molecule has 0 atom stereocenters. The van der Waals surface area contributed by atoms with Gasteiger partial charge in [-0.25, -0.2) is 4.79 Å². The summed E-state index contributed by atoms with van der Waals surface area (Å²) in [5.41, 5.74) is 3.61. The molecule has 0 saturated carbocycles. The fraction of sp³-hybridized carbons (Fsp3) is 0.267. The second-order valence-corrected chi connectivity index (χ2v) is 9.53. The first-order chi connectivity index (χ1) is 19.0. The van der Waals surface area contributed by atoms with Crippen molar-refractivity contribution in [3.05, 3.63) is 95.1 Å². The minimum atomic E-state index is -0.406. The first-order valence-corrected chi connectivity index (χ1v) is 13.1. The van der Waals surface area contributed by atoms with Crippen molar-refractivity contribution < 1.29 is 19.1 Å². The summed E-state index contributed by atoms with van der Waals surface area (Å²) in [5.74, 6) is 0.524. The Morgan fingerprint density at radius 2 is 1.72 bits per heavy atom. The lowest BCUT2D eigenvalue weighted by Crippen LogP contribution is -2.46. The number of fused-ring (bicyclic) bond motifs is 1. The predicted octanol–water partition coefficient (Wildman–Crippen LogP) is 5.58. The number of urea groups is 1. The van der Waals surface area contributed by atoms with E-state index in [1.54, 1.807) is 43.4 Å². The van der Waals surface area contributed by atoms with Crippen molar-refractivity contribution in [1.82, 2.24) is 14.8 Å². The molecule has 0 radical (unpaired) electrons. The van der Waals surface area contributed by atoms with Gasteiger partial charge in [-0.3, -0.25) is 4.79 Å². The number of nitrogens with zero attached hydrogens (tertiary/aromatic N) is 2. The highest BCUT2D eigenvalue weighted by atomic mass is 35.5. The Kier molecular flexibility index (Phi) is 9.83. The number of methoxy groups -OCH3 is 2. The molecule has 0 unspecified atom stereocenters. The topological polar surface area (TPSA) is 86.9 Å². The van der Waals surface area contributed by atoms with Gasteiger partial charge in [0, 0.05) is 60.1 Å². The Labute approximate surface area is 233 Å². The van der Waals surface area contributed by atoms with Crippen LogP contribution in [0.1, 0.15) is 11.1 Å². The lowest BCUT2D eigenvalue weighted by atomic mass is 10.1. The number of halogens is 1. The number of carbonyl (C=O) groups excluding carboxylic acids is 2. The molecule has 0 aliphatic carbocycles. The van der Waals surface area contributed by atoms with Crippen LogP contribution in [0.5, 0.6) is 5.75 Å². The molecule has 1 heterocycles. The smallest absolute Gasteiger partial charge is 0.322 e. The zero-order valence-electron chi connectivity index (χ0n) is 22.2. The molecule has 0 bridgehead atoms. The predicted molar refractivity (Wildman–Crippen MR) is 154 cm³/mol. The van der Waals surface area contributed by atoms with E-state index in [0.29, 0.717) is 36.0 Å². The fourth-order valence-electron chi connectivity index (χ4n) is 4.41. The van der Waals surface area contributed by atoms with E-state index in [9.17, 15) is 9.59 Å². The fourth-order valence-corrected chi connectivity index (χ4v) is 4.60. The second-order valence-electron chi connectivity index (χ2n) is 9.09. The summed E-state index contributed by atoms with van der Waals surface area (Å²) in [6.07, 6.45) is 2.64. The lowest BCUT2D eigenvalue weighted by molar-refractivity contribution is -0.132. The van der Waals surface area contributed by atoms with Gasteiger partial charge in [0.25, 0.3) is 0 Å².